The molecule has 0 saturated carbocycles. The second kappa shape index (κ2) is 6.86. The van der Waals surface area contributed by atoms with E-state index in [1.165, 1.54) is 0 Å². The molecule has 1 aromatic carbocycles. The monoisotopic (exact) mass is 346 g/mol. The molecule has 1 aromatic heterocycles. The molecule has 1 atom stereocenters. The van der Waals surface area contributed by atoms with Gasteiger partial charge in [-0.05, 0) is 49.9 Å². The molecule has 0 aliphatic carbocycles. The zero-order chi connectivity index (χ0) is 17.2. The number of piperidine rings is 1. The summed E-state index contributed by atoms with van der Waals surface area (Å²) in [6, 6.07) is 7.11. The van der Waals surface area contributed by atoms with Gasteiger partial charge in [-0.1, -0.05) is 12.1 Å². The first-order valence-corrected chi connectivity index (χ1v) is 9.55. The van der Waals surface area contributed by atoms with Gasteiger partial charge in [-0.15, -0.1) is 0 Å². The van der Waals surface area contributed by atoms with Crippen molar-refractivity contribution in [3.8, 4) is 0 Å². The number of anilines is 1. The zero-order valence-electron chi connectivity index (χ0n) is 13.9. The van der Waals surface area contributed by atoms with Crippen LogP contribution in [0.25, 0.3) is 0 Å². The number of hydrogen-bond donors (Lipinski definition) is 1. The molecule has 0 amide bonds. The summed E-state index contributed by atoms with van der Waals surface area (Å²) in [5, 5.41) is 0. The fourth-order valence-corrected chi connectivity index (χ4v) is 4.58. The van der Waals surface area contributed by atoms with E-state index in [4.69, 9.17) is 0 Å². The second-order valence-corrected chi connectivity index (χ2v) is 7.91. The number of sulfonamides is 1. The maximum atomic E-state index is 12.8. The lowest BCUT2D eigenvalue weighted by Gasteiger charge is -2.33. The van der Waals surface area contributed by atoms with Crippen LogP contribution in [0.5, 0.6) is 0 Å². The summed E-state index contributed by atoms with van der Waals surface area (Å²) in [4.78, 5) is 10.9. The molecule has 1 aliphatic heterocycles. The largest absolute Gasteiger partial charge is 0.339 e. The van der Waals surface area contributed by atoms with Crippen molar-refractivity contribution in [1.82, 2.24) is 14.7 Å². The van der Waals surface area contributed by atoms with Crippen LogP contribution in [-0.4, -0.2) is 37.5 Å². The third-order valence-electron chi connectivity index (χ3n) is 4.21. The summed E-state index contributed by atoms with van der Waals surface area (Å²) in [5.41, 5.74) is 1.69. The number of nitrogens with one attached hydrogen (secondary N) is 1. The third-order valence-corrected chi connectivity index (χ3v) is 5.87. The minimum Gasteiger partial charge on any atom is -0.339 e. The predicted molar refractivity (Wildman–Crippen MR) is 93.5 cm³/mol. The van der Waals surface area contributed by atoms with Gasteiger partial charge in [-0.2, -0.15) is 0 Å². The Morgan fingerprint density at radius 1 is 1.21 bits per heavy atom. The third kappa shape index (κ3) is 3.73. The molecule has 1 fully saturated rings. The van der Waals surface area contributed by atoms with E-state index in [0.717, 1.165) is 30.5 Å². The van der Waals surface area contributed by atoms with Gasteiger partial charge in [0, 0.05) is 31.5 Å². The lowest BCUT2D eigenvalue weighted by atomic mass is 10.1. The number of hydrogen-bond acceptors (Lipinski definition) is 5. The van der Waals surface area contributed by atoms with Gasteiger partial charge in [0.25, 0.3) is 0 Å². The quantitative estimate of drug-likeness (QED) is 0.917. The molecular formula is C17H22N4O2S. The maximum Gasteiger partial charge on any atom is 0.241 e. The Hall–Kier alpha value is -1.99. The highest BCUT2D eigenvalue weighted by atomic mass is 32.2. The summed E-state index contributed by atoms with van der Waals surface area (Å²) in [6.07, 6.45) is 5.12. The summed E-state index contributed by atoms with van der Waals surface area (Å²) < 4.78 is 28.4. The van der Waals surface area contributed by atoms with E-state index in [0.29, 0.717) is 17.4 Å². The highest BCUT2D eigenvalue weighted by Gasteiger charge is 2.27. The topological polar surface area (TPSA) is 75.2 Å². The fourth-order valence-electron chi connectivity index (χ4n) is 2.99. The van der Waals surface area contributed by atoms with Gasteiger partial charge < -0.3 is 4.90 Å². The summed E-state index contributed by atoms with van der Waals surface area (Å²) in [5.74, 6) is 0.646. The zero-order valence-corrected chi connectivity index (χ0v) is 14.8. The van der Waals surface area contributed by atoms with Crippen LogP contribution in [0.1, 0.15) is 24.0 Å². The van der Waals surface area contributed by atoms with Crippen LogP contribution in [0.2, 0.25) is 0 Å². The average Bonchev–Trinajstić information content (AvgIpc) is 2.57. The van der Waals surface area contributed by atoms with Crippen molar-refractivity contribution in [2.45, 2.75) is 37.6 Å². The average molecular weight is 346 g/mol. The van der Waals surface area contributed by atoms with E-state index in [9.17, 15) is 8.42 Å². The molecule has 2 heterocycles. The Morgan fingerprint density at radius 3 is 2.71 bits per heavy atom. The van der Waals surface area contributed by atoms with Crippen LogP contribution in [0.3, 0.4) is 0 Å². The van der Waals surface area contributed by atoms with Crippen LogP contribution in [0.15, 0.2) is 41.6 Å². The maximum absolute atomic E-state index is 12.8. The molecule has 0 unspecified atom stereocenters. The molecule has 7 heteroatoms. The van der Waals surface area contributed by atoms with E-state index in [-0.39, 0.29) is 6.04 Å². The van der Waals surface area contributed by atoms with Crippen molar-refractivity contribution in [3.63, 3.8) is 0 Å². The van der Waals surface area contributed by atoms with Gasteiger partial charge in [-0.25, -0.2) is 23.1 Å². The summed E-state index contributed by atoms with van der Waals surface area (Å²) in [7, 11) is -3.54. The van der Waals surface area contributed by atoms with E-state index in [2.05, 4.69) is 14.7 Å². The Balaban J connectivity index is 1.76. The fraction of sp³-hybridized carbons (Fsp3) is 0.412. The van der Waals surface area contributed by atoms with E-state index < -0.39 is 10.0 Å². The Kier molecular flexibility index (Phi) is 4.82. The van der Waals surface area contributed by atoms with Gasteiger partial charge >= 0.3 is 0 Å². The minimum absolute atomic E-state index is 0.146. The molecule has 1 N–H and O–H groups in total. The van der Waals surface area contributed by atoms with Gasteiger partial charge in [0.05, 0.1) is 4.90 Å². The summed E-state index contributed by atoms with van der Waals surface area (Å²) >= 11 is 0. The van der Waals surface area contributed by atoms with Crippen molar-refractivity contribution in [3.05, 3.63) is 47.8 Å². The smallest absolute Gasteiger partial charge is 0.241 e. The van der Waals surface area contributed by atoms with Gasteiger partial charge in [-0.3, -0.25) is 0 Å². The second-order valence-electron chi connectivity index (χ2n) is 6.22. The summed E-state index contributed by atoms with van der Waals surface area (Å²) in [6.45, 7) is 5.13. The van der Waals surface area contributed by atoms with Crippen molar-refractivity contribution in [1.29, 1.82) is 0 Å². The number of benzene rings is 1. The minimum atomic E-state index is -3.54. The Labute approximate surface area is 143 Å². The first kappa shape index (κ1) is 16.9. The lowest BCUT2D eigenvalue weighted by Crippen LogP contribution is -2.48. The predicted octanol–water partition coefficient (Wildman–Crippen LogP) is 2.04. The molecule has 0 radical (unpaired) electrons. The molecule has 0 bridgehead atoms. The van der Waals surface area contributed by atoms with Crippen LogP contribution in [-0.2, 0) is 10.0 Å². The van der Waals surface area contributed by atoms with E-state index in [1.54, 1.807) is 24.5 Å². The Bertz CT molecular complexity index is 809. The number of nitrogens with zero attached hydrogens (tertiary/aromatic N) is 3. The molecule has 6 nitrogen and oxygen atoms in total. The van der Waals surface area contributed by atoms with Gasteiger partial charge in [0.15, 0.2) is 0 Å². The van der Waals surface area contributed by atoms with Crippen molar-refractivity contribution in [2.75, 3.05) is 18.0 Å². The lowest BCUT2D eigenvalue weighted by molar-refractivity contribution is 0.461. The van der Waals surface area contributed by atoms with Crippen LogP contribution < -0.4 is 9.62 Å². The highest BCUT2D eigenvalue weighted by Crippen LogP contribution is 2.20. The molecular weight excluding hydrogens is 324 g/mol. The van der Waals surface area contributed by atoms with Crippen molar-refractivity contribution in [2.24, 2.45) is 0 Å². The molecule has 1 aliphatic rings. The number of aryl methyl sites for hydroxylation is 2. The normalized spacial score (nSPS) is 18.6. The molecule has 24 heavy (non-hydrogen) atoms. The van der Waals surface area contributed by atoms with Crippen LogP contribution in [0, 0.1) is 13.8 Å². The Morgan fingerprint density at radius 2 is 1.96 bits per heavy atom. The molecule has 128 valence electrons. The molecule has 0 spiro atoms. The van der Waals surface area contributed by atoms with Gasteiger partial charge in [0.1, 0.15) is 0 Å². The molecule has 2 aromatic rings. The van der Waals surface area contributed by atoms with E-state index in [1.807, 2.05) is 30.9 Å². The van der Waals surface area contributed by atoms with Crippen molar-refractivity contribution < 1.29 is 8.42 Å². The van der Waals surface area contributed by atoms with Crippen molar-refractivity contribution >= 4 is 16.0 Å². The first-order chi connectivity index (χ1) is 11.5. The van der Waals surface area contributed by atoms with E-state index >= 15 is 0 Å². The van der Waals surface area contributed by atoms with Crippen LogP contribution in [0.4, 0.5) is 5.95 Å². The highest BCUT2D eigenvalue weighted by molar-refractivity contribution is 7.89. The molecule has 3 rings (SSSR count). The SMILES string of the molecule is Cc1ccc(C)c(S(=O)(=O)N[C@@H]2CCCN(c3ncccn3)C2)c1. The molecule has 1 saturated heterocycles. The number of rotatable bonds is 4. The van der Waals surface area contributed by atoms with Crippen LogP contribution >= 0.6 is 0 Å². The number of aromatic nitrogens is 2. The van der Waals surface area contributed by atoms with Gasteiger partial charge in [0.2, 0.25) is 16.0 Å². The standard InChI is InChI=1S/C17H22N4O2S/c1-13-6-7-14(2)16(11-13)24(22,23)20-15-5-3-10-21(12-15)17-18-8-4-9-19-17/h4,6-9,11,15,20H,3,5,10,12H2,1-2H3/t15-/m1/s1. The first-order valence-electron chi connectivity index (χ1n) is 8.07.